The molecule has 24 heavy (non-hydrogen) atoms. The molecule has 1 aliphatic heterocycles. The van der Waals surface area contributed by atoms with Crippen molar-refractivity contribution in [3.05, 3.63) is 57.1 Å². The molecular weight excluding hydrogens is 372 g/mol. The summed E-state index contributed by atoms with van der Waals surface area (Å²) in [6, 6.07) is 9.45. The first-order chi connectivity index (χ1) is 11.1. The van der Waals surface area contributed by atoms with Crippen LogP contribution in [0.15, 0.2) is 51.5 Å². The standard InChI is InChI=1S/C18H19BrN2O3/c1-10-14(17(22)24-18(2,3)4)15(13(9-20)16(21)23-10)11-6-5-7-12(19)8-11/h5-8,15H,21H2,1-4H3. The molecule has 0 amide bonds. The van der Waals surface area contributed by atoms with Gasteiger partial charge in [0.05, 0.1) is 11.5 Å². The van der Waals surface area contributed by atoms with Crippen LogP contribution >= 0.6 is 15.9 Å². The average molecular weight is 391 g/mol. The summed E-state index contributed by atoms with van der Waals surface area (Å²) >= 11 is 3.41. The Bertz CT molecular complexity index is 782. The zero-order valence-electron chi connectivity index (χ0n) is 14.0. The maximum Gasteiger partial charge on any atom is 0.338 e. The lowest BCUT2D eigenvalue weighted by Gasteiger charge is -2.29. The van der Waals surface area contributed by atoms with Crippen LogP contribution in [0.25, 0.3) is 0 Å². The predicted octanol–water partition coefficient (Wildman–Crippen LogP) is 3.87. The van der Waals surface area contributed by atoms with Crippen LogP contribution in [0.4, 0.5) is 0 Å². The molecule has 1 aromatic rings. The Morgan fingerprint density at radius 2 is 2.08 bits per heavy atom. The summed E-state index contributed by atoms with van der Waals surface area (Å²) < 4.78 is 11.8. The average Bonchev–Trinajstić information content (AvgIpc) is 2.44. The van der Waals surface area contributed by atoms with Gasteiger partial charge >= 0.3 is 5.97 Å². The molecule has 0 aliphatic carbocycles. The highest BCUT2D eigenvalue weighted by Crippen LogP contribution is 2.40. The Hall–Kier alpha value is -2.26. The first-order valence-electron chi connectivity index (χ1n) is 7.41. The molecule has 1 unspecified atom stereocenters. The van der Waals surface area contributed by atoms with Gasteiger partial charge < -0.3 is 15.2 Å². The highest BCUT2D eigenvalue weighted by Gasteiger charge is 2.37. The van der Waals surface area contributed by atoms with Gasteiger partial charge in [0.15, 0.2) is 0 Å². The summed E-state index contributed by atoms with van der Waals surface area (Å²) in [4.78, 5) is 12.7. The van der Waals surface area contributed by atoms with E-state index in [-0.39, 0.29) is 17.0 Å². The van der Waals surface area contributed by atoms with Gasteiger partial charge in [0.1, 0.15) is 23.0 Å². The number of hydrogen-bond acceptors (Lipinski definition) is 5. The predicted molar refractivity (Wildman–Crippen MR) is 93.3 cm³/mol. The maximum atomic E-state index is 12.7. The number of nitrogens with zero attached hydrogens (tertiary/aromatic N) is 1. The number of hydrogen-bond donors (Lipinski definition) is 1. The summed E-state index contributed by atoms with van der Waals surface area (Å²) in [5.41, 5.74) is 6.45. The Morgan fingerprint density at radius 1 is 1.42 bits per heavy atom. The Balaban J connectivity index is 2.59. The number of carbonyl (C=O) groups is 1. The summed E-state index contributed by atoms with van der Waals surface area (Å²) in [5.74, 6) is -0.806. The van der Waals surface area contributed by atoms with Crippen molar-refractivity contribution in [3.8, 4) is 6.07 Å². The van der Waals surface area contributed by atoms with Gasteiger partial charge in [-0.15, -0.1) is 0 Å². The van der Waals surface area contributed by atoms with Gasteiger partial charge in [-0.25, -0.2) is 4.79 Å². The van der Waals surface area contributed by atoms with E-state index in [1.54, 1.807) is 27.7 Å². The number of rotatable bonds is 2. The number of nitrogens with two attached hydrogens (primary N) is 1. The first-order valence-corrected chi connectivity index (χ1v) is 8.20. The van der Waals surface area contributed by atoms with E-state index in [1.165, 1.54) is 0 Å². The van der Waals surface area contributed by atoms with Crippen LogP contribution in [0.2, 0.25) is 0 Å². The third kappa shape index (κ3) is 3.80. The number of halogens is 1. The highest BCUT2D eigenvalue weighted by molar-refractivity contribution is 9.10. The number of ether oxygens (including phenoxy) is 2. The van der Waals surface area contributed by atoms with Crippen molar-refractivity contribution in [2.75, 3.05) is 0 Å². The van der Waals surface area contributed by atoms with Gasteiger partial charge in [-0.3, -0.25) is 0 Å². The number of allylic oxidation sites excluding steroid dienone is 2. The monoisotopic (exact) mass is 390 g/mol. The molecule has 1 aliphatic rings. The lowest BCUT2D eigenvalue weighted by molar-refractivity contribution is -0.150. The van der Waals surface area contributed by atoms with Gasteiger partial charge in [-0.05, 0) is 45.4 Å². The largest absolute Gasteiger partial charge is 0.456 e. The topological polar surface area (TPSA) is 85.3 Å². The minimum absolute atomic E-state index is 0.00674. The van der Waals surface area contributed by atoms with Crippen molar-refractivity contribution >= 4 is 21.9 Å². The molecule has 126 valence electrons. The molecule has 0 radical (unpaired) electrons. The smallest absolute Gasteiger partial charge is 0.338 e. The fraction of sp³-hybridized carbons (Fsp3) is 0.333. The normalized spacial score (nSPS) is 18.1. The van der Waals surface area contributed by atoms with Gasteiger partial charge in [0.2, 0.25) is 5.88 Å². The third-order valence-electron chi connectivity index (χ3n) is 3.41. The number of esters is 1. The molecule has 0 fully saturated rings. The second kappa shape index (κ2) is 6.70. The molecule has 0 aromatic heterocycles. The van der Waals surface area contributed by atoms with Crippen molar-refractivity contribution in [1.29, 1.82) is 5.26 Å². The number of nitriles is 1. The Kier molecular flexibility index (Phi) is 5.05. The van der Waals surface area contributed by atoms with Crippen molar-refractivity contribution in [2.45, 2.75) is 39.2 Å². The van der Waals surface area contributed by atoms with Crippen LogP contribution in [-0.4, -0.2) is 11.6 Å². The van der Waals surface area contributed by atoms with Crippen LogP contribution in [-0.2, 0) is 14.3 Å². The molecule has 6 heteroatoms. The van der Waals surface area contributed by atoms with E-state index in [1.807, 2.05) is 24.3 Å². The molecule has 2 N–H and O–H groups in total. The van der Waals surface area contributed by atoms with E-state index in [0.717, 1.165) is 10.0 Å². The number of carbonyl (C=O) groups excluding carboxylic acids is 1. The van der Waals surface area contributed by atoms with E-state index in [0.29, 0.717) is 5.76 Å². The van der Waals surface area contributed by atoms with Gasteiger partial charge in [-0.2, -0.15) is 5.26 Å². The van der Waals surface area contributed by atoms with Crippen molar-refractivity contribution in [3.63, 3.8) is 0 Å². The van der Waals surface area contributed by atoms with Crippen molar-refractivity contribution < 1.29 is 14.3 Å². The molecule has 0 saturated carbocycles. The van der Waals surface area contributed by atoms with E-state index in [4.69, 9.17) is 15.2 Å². The molecule has 1 aromatic carbocycles. The lowest BCUT2D eigenvalue weighted by Crippen LogP contribution is -2.30. The Morgan fingerprint density at radius 3 is 2.62 bits per heavy atom. The van der Waals surface area contributed by atoms with E-state index < -0.39 is 17.5 Å². The number of benzene rings is 1. The molecule has 1 atom stereocenters. The van der Waals surface area contributed by atoms with Gasteiger partial charge in [0, 0.05) is 4.47 Å². The zero-order chi connectivity index (χ0) is 18.1. The van der Waals surface area contributed by atoms with Crippen LogP contribution in [0.1, 0.15) is 39.2 Å². The molecule has 1 heterocycles. The van der Waals surface area contributed by atoms with Gasteiger partial charge in [0.25, 0.3) is 0 Å². The van der Waals surface area contributed by atoms with E-state index in [9.17, 15) is 10.1 Å². The Labute approximate surface area is 149 Å². The fourth-order valence-corrected chi connectivity index (χ4v) is 2.92. The summed E-state index contributed by atoms with van der Waals surface area (Å²) in [5, 5.41) is 9.53. The molecule has 5 nitrogen and oxygen atoms in total. The fourth-order valence-electron chi connectivity index (χ4n) is 2.50. The molecule has 0 bridgehead atoms. The van der Waals surface area contributed by atoms with Crippen molar-refractivity contribution in [1.82, 2.24) is 0 Å². The van der Waals surface area contributed by atoms with Crippen molar-refractivity contribution in [2.24, 2.45) is 5.73 Å². The first kappa shape index (κ1) is 18.1. The molecule has 2 rings (SSSR count). The quantitative estimate of drug-likeness (QED) is 0.774. The summed E-state index contributed by atoms with van der Waals surface area (Å²) in [6.45, 7) is 7.00. The second-order valence-corrected chi connectivity index (χ2v) is 7.37. The molecule has 0 spiro atoms. The molecule has 0 saturated heterocycles. The highest BCUT2D eigenvalue weighted by atomic mass is 79.9. The van der Waals surface area contributed by atoms with Crippen LogP contribution in [0.3, 0.4) is 0 Å². The van der Waals surface area contributed by atoms with Crippen LogP contribution in [0.5, 0.6) is 0 Å². The molecular formula is C18H19BrN2O3. The van der Waals surface area contributed by atoms with Gasteiger partial charge in [-0.1, -0.05) is 28.1 Å². The second-order valence-electron chi connectivity index (χ2n) is 6.45. The SMILES string of the molecule is CC1=C(C(=O)OC(C)(C)C)C(c2cccc(Br)c2)C(C#N)=C(N)O1. The summed E-state index contributed by atoms with van der Waals surface area (Å²) in [6.07, 6.45) is 0. The minimum atomic E-state index is -0.661. The minimum Gasteiger partial charge on any atom is -0.456 e. The maximum absolute atomic E-state index is 12.7. The van der Waals surface area contributed by atoms with E-state index in [2.05, 4.69) is 22.0 Å². The summed E-state index contributed by atoms with van der Waals surface area (Å²) in [7, 11) is 0. The van der Waals surface area contributed by atoms with Crippen LogP contribution in [0, 0.1) is 11.3 Å². The van der Waals surface area contributed by atoms with E-state index >= 15 is 0 Å². The third-order valence-corrected chi connectivity index (χ3v) is 3.90. The zero-order valence-corrected chi connectivity index (χ0v) is 15.6. The van der Waals surface area contributed by atoms with Crippen LogP contribution < -0.4 is 5.73 Å². The lowest BCUT2D eigenvalue weighted by atomic mass is 9.83.